The van der Waals surface area contributed by atoms with Crippen molar-refractivity contribution in [1.29, 1.82) is 0 Å². The first kappa shape index (κ1) is 14.8. The molecule has 0 atom stereocenters. The van der Waals surface area contributed by atoms with Gasteiger partial charge in [-0.15, -0.1) is 11.3 Å². The standard InChI is InChI=1S/C16H19NO2S/c1-16(2,14-7-4-8-20-14)11-17-10-12-5-3-6-13(9-12)15(18)19/h3-9,17H,10-11H2,1-2H3,(H,18,19). The third kappa shape index (κ3) is 3.68. The van der Waals surface area contributed by atoms with Crippen LogP contribution in [0.4, 0.5) is 0 Å². The summed E-state index contributed by atoms with van der Waals surface area (Å²) < 4.78 is 0. The monoisotopic (exact) mass is 289 g/mol. The Kier molecular flexibility index (Phi) is 4.57. The van der Waals surface area contributed by atoms with Gasteiger partial charge in [0.2, 0.25) is 0 Å². The molecule has 0 bridgehead atoms. The summed E-state index contributed by atoms with van der Waals surface area (Å²) in [6.07, 6.45) is 0. The molecule has 0 amide bonds. The molecule has 0 aliphatic carbocycles. The van der Waals surface area contributed by atoms with E-state index in [2.05, 4.69) is 36.7 Å². The first-order valence-electron chi connectivity index (χ1n) is 6.56. The Morgan fingerprint density at radius 1 is 1.30 bits per heavy atom. The lowest BCUT2D eigenvalue weighted by molar-refractivity contribution is 0.0696. The van der Waals surface area contributed by atoms with Crippen LogP contribution in [0.3, 0.4) is 0 Å². The minimum atomic E-state index is -0.884. The number of rotatable bonds is 6. The second-order valence-electron chi connectivity index (χ2n) is 5.47. The van der Waals surface area contributed by atoms with Crippen LogP contribution in [0.25, 0.3) is 0 Å². The minimum absolute atomic E-state index is 0.0819. The molecule has 4 heteroatoms. The highest BCUT2D eigenvalue weighted by Gasteiger charge is 2.20. The summed E-state index contributed by atoms with van der Waals surface area (Å²) in [7, 11) is 0. The van der Waals surface area contributed by atoms with E-state index in [4.69, 9.17) is 5.11 Å². The molecule has 0 spiro atoms. The Hall–Kier alpha value is -1.65. The molecule has 0 fully saturated rings. The van der Waals surface area contributed by atoms with Crippen molar-refractivity contribution >= 4 is 17.3 Å². The first-order chi connectivity index (χ1) is 9.49. The SMILES string of the molecule is CC(C)(CNCc1cccc(C(=O)O)c1)c1cccs1. The lowest BCUT2D eigenvalue weighted by Crippen LogP contribution is -2.31. The van der Waals surface area contributed by atoms with Crippen molar-refractivity contribution < 1.29 is 9.90 Å². The smallest absolute Gasteiger partial charge is 0.335 e. The summed E-state index contributed by atoms with van der Waals surface area (Å²) >= 11 is 1.76. The van der Waals surface area contributed by atoms with Crippen molar-refractivity contribution in [3.8, 4) is 0 Å². The van der Waals surface area contributed by atoms with E-state index in [-0.39, 0.29) is 5.41 Å². The molecular formula is C16H19NO2S. The van der Waals surface area contributed by atoms with Crippen LogP contribution in [-0.2, 0) is 12.0 Å². The van der Waals surface area contributed by atoms with Gasteiger partial charge in [0.1, 0.15) is 0 Å². The number of carboxylic acid groups (broad SMARTS) is 1. The van der Waals surface area contributed by atoms with Gasteiger partial charge in [0.05, 0.1) is 5.56 Å². The van der Waals surface area contributed by atoms with Gasteiger partial charge in [-0.2, -0.15) is 0 Å². The fourth-order valence-electron chi connectivity index (χ4n) is 2.08. The van der Waals surface area contributed by atoms with Gasteiger partial charge in [-0.1, -0.05) is 32.0 Å². The zero-order valence-electron chi connectivity index (χ0n) is 11.7. The molecule has 0 unspecified atom stereocenters. The summed E-state index contributed by atoms with van der Waals surface area (Å²) in [6, 6.07) is 11.3. The van der Waals surface area contributed by atoms with Crippen molar-refractivity contribution in [2.24, 2.45) is 0 Å². The van der Waals surface area contributed by atoms with E-state index in [1.165, 1.54) is 4.88 Å². The number of hydrogen-bond acceptors (Lipinski definition) is 3. The molecule has 2 rings (SSSR count). The second kappa shape index (κ2) is 6.20. The van der Waals surface area contributed by atoms with Crippen molar-refractivity contribution in [2.75, 3.05) is 6.54 Å². The maximum Gasteiger partial charge on any atom is 0.335 e. The van der Waals surface area contributed by atoms with Crippen molar-refractivity contribution in [2.45, 2.75) is 25.8 Å². The van der Waals surface area contributed by atoms with E-state index in [9.17, 15) is 4.79 Å². The molecule has 2 N–H and O–H groups in total. The number of thiophene rings is 1. The van der Waals surface area contributed by atoms with Crippen LogP contribution >= 0.6 is 11.3 Å². The molecule has 0 aliphatic heterocycles. The number of carboxylic acids is 1. The van der Waals surface area contributed by atoms with E-state index in [0.29, 0.717) is 12.1 Å². The Morgan fingerprint density at radius 2 is 2.10 bits per heavy atom. The van der Waals surface area contributed by atoms with Gasteiger partial charge in [-0.25, -0.2) is 4.79 Å². The Labute approximate surface area is 123 Å². The maximum atomic E-state index is 10.9. The molecule has 20 heavy (non-hydrogen) atoms. The third-order valence-electron chi connectivity index (χ3n) is 3.26. The largest absolute Gasteiger partial charge is 0.478 e. The molecule has 1 heterocycles. The molecule has 106 valence electrons. The van der Waals surface area contributed by atoms with Crippen LogP contribution in [-0.4, -0.2) is 17.6 Å². The zero-order valence-corrected chi connectivity index (χ0v) is 12.5. The van der Waals surface area contributed by atoms with E-state index < -0.39 is 5.97 Å². The average Bonchev–Trinajstić information content (AvgIpc) is 2.93. The van der Waals surface area contributed by atoms with Crippen LogP contribution in [0.5, 0.6) is 0 Å². The van der Waals surface area contributed by atoms with Crippen LogP contribution in [0.2, 0.25) is 0 Å². The summed E-state index contributed by atoms with van der Waals surface area (Å²) in [5, 5.41) is 14.5. The number of benzene rings is 1. The molecule has 3 nitrogen and oxygen atoms in total. The molecule has 0 saturated heterocycles. The minimum Gasteiger partial charge on any atom is -0.478 e. The molecule has 1 aromatic heterocycles. The predicted molar refractivity (Wildman–Crippen MR) is 82.5 cm³/mol. The average molecular weight is 289 g/mol. The second-order valence-corrected chi connectivity index (χ2v) is 6.42. The maximum absolute atomic E-state index is 10.9. The zero-order chi connectivity index (χ0) is 14.6. The summed E-state index contributed by atoms with van der Waals surface area (Å²) in [5.41, 5.74) is 1.41. The molecule has 2 aromatic rings. The topological polar surface area (TPSA) is 49.3 Å². The van der Waals surface area contributed by atoms with Crippen molar-refractivity contribution in [1.82, 2.24) is 5.32 Å². The lowest BCUT2D eigenvalue weighted by atomic mass is 9.91. The van der Waals surface area contributed by atoms with E-state index in [1.54, 1.807) is 29.5 Å². The summed E-state index contributed by atoms with van der Waals surface area (Å²) in [5.74, 6) is -0.884. The van der Waals surface area contributed by atoms with Crippen molar-refractivity contribution in [3.05, 3.63) is 57.8 Å². The first-order valence-corrected chi connectivity index (χ1v) is 7.44. The quantitative estimate of drug-likeness (QED) is 0.855. The molecule has 1 aromatic carbocycles. The molecular weight excluding hydrogens is 270 g/mol. The van der Waals surface area contributed by atoms with E-state index in [0.717, 1.165) is 12.1 Å². The Morgan fingerprint density at radius 3 is 2.75 bits per heavy atom. The van der Waals surface area contributed by atoms with Gasteiger partial charge >= 0.3 is 5.97 Å². The van der Waals surface area contributed by atoms with Gasteiger partial charge in [0.25, 0.3) is 0 Å². The van der Waals surface area contributed by atoms with Gasteiger partial charge in [-0.05, 0) is 29.1 Å². The summed E-state index contributed by atoms with van der Waals surface area (Å²) in [4.78, 5) is 12.3. The van der Waals surface area contributed by atoms with Crippen LogP contribution in [0, 0.1) is 0 Å². The molecule has 0 aliphatic rings. The fraction of sp³-hybridized carbons (Fsp3) is 0.312. The Bertz CT molecular complexity index is 576. The van der Waals surface area contributed by atoms with E-state index in [1.807, 2.05) is 6.07 Å². The number of carbonyl (C=O) groups is 1. The van der Waals surface area contributed by atoms with Gasteiger partial charge in [0.15, 0.2) is 0 Å². The van der Waals surface area contributed by atoms with Crippen LogP contribution in [0.15, 0.2) is 41.8 Å². The van der Waals surface area contributed by atoms with E-state index >= 15 is 0 Å². The van der Waals surface area contributed by atoms with Gasteiger partial charge in [-0.3, -0.25) is 0 Å². The molecule has 0 radical (unpaired) electrons. The highest BCUT2D eigenvalue weighted by atomic mass is 32.1. The number of aromatic carboxylic acids is 1. The number of hydrogen-bond donors (Lipinski definition) is 2. The van der Waals surface area contributed by atoms with Gasteiger partial charge < -0.3 is 10.4 Å². The normalized spacial score (nSPS) is 11.5. The lowest BCUT2D eigenvalue weighted by Gasteiger charge is -2.23. The van der Waals surface area contributed by atoms with Gasteiger partial charge in [0, 0.05) is 23.4 Å². The highest BCUT2D eigenvalue weighted by Crippen LogP contribution is 2.26. The Balaban J connectivity index is 1.93. The van der Waals surface area contributed by atoms with Crippen LogP contribution < -0.4 is 5.32 Å². The van der Waals surface area contributed by atoms with Crippen LogP contribution in [0.1, 0.15) is 34.6 Å². The highest BCUT2D eigenvalue weighted by molar-refractivity contribution is 7.10. The third-order valence-corrected chi connectivity index (χ3v) is 4.49. The molecule has 0 saturated carbocycles. The predicted octanol–water partition coefficient (Wildman–Crippen LogP) is 3.51. The number of nitrogens with one attached hydrogen (secondary N) is 1. The van der Waals surface area contributed by atoms with Crippen molar-refractivity contribution in [3.63, 3.8) is 0 Å². The summed E-state index contributed by atoms with van der Waals surface area (Å²) in [6.45, 7) is 5.94. The fourth-order valence-corrected chi connectivity index (χ4v) is 2.94.